The fourth-order valence-electron chi connectivity index (χ4n) is 1.55. The molecule has 0 fully saturated rings. The van der Waals surface area contributed by atoms with Gasteiger partial charge >= 0.3 is 5.97 Å². The summed E-state index contributed by atoms with van der Waals surface area (Å²) in [5.41, 5.74) is 1.39. The highest BCUT2D eigenvalue weighted by Gasteiger charge is 2.07. The number of hydrogen-bond donors (Lipinski definition) is 2. The summed E-state index contributed by atoms with van der Waals surface area (Å²) in [6, 6.07) is 8.47. The fraction of sp³-hybridized carbons (Fsp3) is 0.0769. The highest BCUT2D eigenvalue weighted by atomic mass is 32.2. The molecule has 1 heterocycles. The van der Waals surface area contributed by atoms with Crippen LogP contribution in [0.25, 0.3) is 5.69 Å². The lowest BCUT2D eigenvalue weighted by molar-refractivity contribution is 0.0690. The smallest absolute Gasteiger partial charge is 0.356 e. The maximum atomic E-state index is 10.8. The van der Waals surface area contributed by atoms with Gasteiger partial charge in [-0.1, -0.05) is 11.8 Å². The van der Waals surface area contributed by atoms with E-state index in [0.29, 0.717) is 10.9 Å². The summed E-state index contributed by atoms with van der Waals surface area (Å²) >= 11 is 1.33. The van der Waals surface area contributed by atoms with Gasteiger partial charge in [0, 0.05) is 6.20 Å². The summed E-state index contributed by atoms with van der Waals surface area (Å²) < 4.78 is 1.47. The van der Waals surface area contributed by atoms with Crippen molar-refractivity contribution in [1.29, 1.82) is 5.26 Å². The summed E-state index contributed by atoms with van der Waals surface area (Å²) in [6.45, 7) is 0. The van der Waals surface area contributed by atoms with Crippen molar-refractivity contribution in [2.24, 2.45) is 4.99 Å². The van der Waals surface area contributed by atoms with E-state index in [2.05, 4.69) is 15.4 Å². The minimum atomic E-state index is -1.07. The molecule has 0 atom stereocenters. The Labute approximate surface area is 124 Å². The number of carboxylic acid groups (broad SMARTS) is 1. The van der Waals surface area contributed by atoms with Crippen LogP contribution >= 0.6 is 11.8 Å². The molecule has 1 aromatic carbocycles. The van der Waals surface area contributed by atoms with Gasteiger partial charge in [-0.2, -0.15) is 10.4 Å². The molecule has 0 aliphatic rings. The first-order chi connectivity index (χ1) is 10.1. The second-order valence-corrected chi connectivity index (χ2v) is 4.62. The van der Waals surface area contributed by atoms with Crippen molar-refractivity contribution in [2.75, 3.05) is 6.26 Å². The van der Waals surface area contributed by atoms with E-state index in [1.54, 1.807) is 30.5 Å². The van der Waals surface area contributed by atoms with Crippen LogP contribution < -0.4 is 5.32 Å². The van der Waals surface area contributed by atoms with Gasteiger partial charge in [-0.15, -0.1) is 0 Å². The van der Waals surface area contributed by atoms with E-state index >= 15 is 0 Å². The van der Waals surface area contributed by atoms with Crippen molar-refractivity contribution in [3.05, 3.63) is 42.2 Å². The third kappa shape index (κ3) is 3.61. The zero-order valence-corrected chi connectivity index (χ0v) is 11.8. The van der Waals surface area contributed by atoms with Crippen molar-refractivity contribution < 1.29 is 9.90 Å². The monoisotopic (exact) mass is 301 g/mol. The van der Waals surface area contributed by atoms with Gasteiger partial charge in [0.15, 0.2) is 17.1 Å². The molecule has 8 heteroatoms. The topological polar surface area (TPSA) is 103 Å². The van der Waals surface area contributed by atoms with Crippen molar-refractivity contribution in [1.82, 2.24) is 15.1 Å². The Morgan fingerprint density at radius 2 is 2.14 bits per heavy atom. The predicted molar refractivity (Wildman–Crippen MR) is 79.9 cm³/mol. The lowest BCUT2D eigenvalue weighted by atomic mass is 10.3. The Morgan fingerprint density at radius 1 is 1.43 bits per heavy atom. The quantitative estimate of drug-likeness (QED) is 0.389. The Bertz CT molecular complexity index is 715. The lowest BCUT2D eigenvalue weighted by Gasteiger charge is -2.03. The summed E-state index contributed by atoms with van der Waals surface area (Å²) in [6.07, 6.45) is 5.21. The van der Waals surface area contributed by atoms with Crippen LogP contribution in [-0.4, -0.2) is 32.3 Å². The number of benzene rings is 1. The molecule has 1 aromatic heterocycles. The highest BCUT2D eigenvalue weighted by Crippen LogP contribution is 2.17. The van der Waals surface area contributed by atoms with E-state index in [1.807, 2.05) is 12.4 Å². The molecule has 2 N–H and O–H groups in total. The van der Waals surface area contributed by atoms with E-state index in [4.69, 9.17) is 10.4 Å². The number of aromatic nitrogens is 2. The minimum absolute atomic E-state index is 0.0139. The fourth-order valence-corrected chi connectivity index (χ4v) is 1.90. The number of aromatic carboxylic acids is 1. The van der Waals surface area contributed by atoms with E-state index < -0.39 is 5.97 Å². The molecular formula is C13H11N5O2S. The van der Waals surface area contributed by atoms with Gasteiger partial charge < -0.3 is 5.11 Å². The molecule has 2 aromatic rings. The van der Waals surface area contributed by atoms with Crippen molar-refractivity contribution in [2.45, 2.75) is 0 Å². The van der Waals surface area contributed by atoms with Gasteiger partial charge in [0.05, 0.1) is 11.4 Å². The number of nitriles is 1. The zero-order valence-electron chi connectivity index (χ0n) is 11.0. The van der Waals surface area contributed by atoms with Crippen LogP contribution in [-0.2, 0) is 0 Å². The van der Waals surface area contributed by atoms with Gasteiger partial charge in [-0.3, -0.25) is 5.32 Å². The second-order valence-electron chi connectivity index (χ2n) is 3.82. The molecule has 106 valence electrons. The summed E-state index contributed by atoms with van der Waals surface area (Å²) in [7, 11) is 0. The van der Waals surface area contributed by atoms with Gasteiger partial charge in [0.1, 0.15) is 0 Å². The molecule has 2 rings (SSSR count). The number of thioether (sulfide) groups is 1. The number of carboxylic acids is 1. The number of aliphatic imine (C=N–C) groups is 1. The summed E-state index contributed by atoms with van der Waals surface area (Å²) in [5.74, 6) is -1.07. The Morgan fingerprint density at radius 3 is 2.67 bits per heavy atom. The molecule has 0 amide bonds. The molecule has 0 saturated heterocycles. The van der Waals surface area contributed by atoms with Crippen molar-refractivity contribution >= 4 is 28.6 Å². The number of hydrogen-bond acceptors (Lipinski definition) is 5. The third-order valence-corrected chi connectivity index (χ3v) is 3.09. The van der Waals surface area contributed by atoms with Crippen molar-refractivity contribution in [3.8, 4) is 11.9 Å². The summed E-state index contributed by atoms with van der Waals surface area (Å²) in [5, 5.41) is 24.3. The largest absolute Gasteiger partial charge is 0.476 e. The summed E-state index contributed by atoms with van der Waals surface area (Å²) in [4.78, 5) is 15.0. The standard InChI is InChI=1S/C13H11N5O2S/c1-21-13(15-8-14)16-9-2-4-10(5-3-9)18-7-6-11(17-18)12(19)20/h2-7H,1H3,(H,15,16)(H,19,20). The third-order valence-electron chi connectivity index (χ3n) is 2.51. The van der Waals surface area contributed by atoms with Gasteiger partial charge in [-0.05, 0) is 36.6 Å². The van der Waals surface area contributed by atoms with E-state index in [0.717, 1.165) is 5.69 Å². The molecule has 0 spiro atoms. The van der Waals surface area contributed by atoms with Crippen LogP contribution in [0.15, 0.2) is 41.5 Å². The zero-order chi connectivity index (χ0) is 15.2. The molecule has 0 saturated carbocycles. The Balaban J connectivity index is 2.22. The Kier molecular flexibility index (Phi) is 4.58. The molecule has 0 aliphatic heterocycles. The second kappa shape index (κ2) is 6.58. The first-order valence-electron chi connectivity index (χ1n) is 5.81. The number of nitrogens with zero attached hydrogens (tertiary/aromatic N) is 4. The normalized spacial score (nSPS) is 11.0. The van der Waals surface area contributed by atoms with E-state index in [1.165, 1.54) is 22.5 Å². The van der Waals surface area contributed by atoms with Crippen LogP contribution in [0.3, 0.4) is 0 Å². The molecule has 7 nitrogen and oxygen atoms in total. The van der Waals surface area contributed by atoms with Gasteiger partial charge in [0.2, 0.25) is 0 Å². The molecule has 0 radical (unpaired) electrons. The average Bonchev–Trinajstić information content (AvgIpc) is 2.97. The molecular weight excluding hydrogens is 290 g/mol. The highest BCUT2D eigenvalue weighted by molar-refractivity contribution is 8.13. The van der Waals surface area contributed by atoms with Crippen LogP contribution in [0.1, 0.15) is 10.5 Å². The maximum Gasteiger partial charge on any atom is 0.356 e. The lowest BCUT2D eigenvalue weighted by Crippen LogP contribution is -2.12. The number of nitrogens with one attached hydrogen (secondary N) is 1. The minimum Gasteiger partial charge on any atom is -0.476 e. The average molecular weight is 301 g/mol. The number of amidine groups is 1. The molecule has 0 unspecified atom stereocenters. The maximum absolute atomic E-state index is 10.8. The van der Waals surface area contributed by atoms with Crippen LogP contribution in [0.5, 0.6) is 0 Å². The van der Waals surface area contributed by atoms with Gasteiger partial charge in [-0.25, -0.2) is 14.5 Å². The number of rotatable bonds is 3. The molecule has 0 aliphatic carbocycles. The van der Waals surface area contributed by atoms with Crippen LogP contribution in [0.4, 0.5) is 5.69 Å². The van der Waals surface area contributed by atoms with Crippen molar-refractivity contribution in [3.63, 3.8) is 0 Å². The first-order valence-corrected chi connectivity index (χ1v) is 7.03. The SMILES string of the molecule is CSC(=Nc1ccc(-n2ccc(C(=O)O)n2)cc1)NC#N. The van der Waals surface area contributed by atoms with E-state index in [-0.39, 0.29) is 5.69 Å². The predicted octanol–water partition coefficient (Wildman–Crippen LogP) is 1.99. The first kappa shape index (κ1) is 14.6. The molecule has 0 bridgehead atoms. The van der Waals surface area contributed by atoms with Gasteiger partial charge in [0.25, 0.3) is 0 Å². The number of carbonyl (C=O) groups is 1. The Hall–Kier alpha value is -2.79. The molecule has 21 heavy (non-hydrogen) atoms. The van der Waals surface area contributed by atoms with Crippen LogP contribution in [0, 0.1) is 11.5 Å². The van der Waals surface area contributed by atoms with E-state index in [9.17, 15) is 4.79 Å². The van der Waals surface area contributed by atoms with Crippen LogP contribution in [0.2, 0.25) is 0 Å².